The number of hydrogen-bond acceptors (Lipinski definition) is 4. The molecule has 2 aromatic carbocycles. The Morgan fingerprint density at radius 1 is 1.00 bits per heavy atom. The van der Waals surface area contributed by atoms with Gasteiger partial charge in [-0.1, -0.05) is 46.3 Å². The lowest BCUT2D eigenvalue weighted by molar-refractivity contribution is 0.218. The van der Waals surface area contributed by atoms with Crippen molar-refractivity contribution in [2.45, 2.75) is 25.7 Å². The zero-order chi connectivity index (χ0) is 17.2. The molecule has 128 valence electrons. The van der Waals surface area contributed by atoms with Gasteiger partial charge in [0, 0.05) is 10.2 Å². The average Bonchev–Trinajstić information content (AvgIpc) is 3.33. The Bertz CT molecular complexity index is 713. The van der Waals surface area contributed by atoms with Crippen LogP contribution in [-0.4, -0.2) is 19.0 Å². The van der Waals surface area contributed by atoms with E-state index in [9.17, 15) is 4.57 Å². The van der Waals surface area contributed by atoms with Gasteiger partial charge in [0.05, 0.1) is 19.3 Å². The van der Waals surface area contributed by atoms with Crippen molar-refractivity contribution in [3.05, 3.63) is 64.6 Å². The van der Waals surface area contributed by atoms with Crippen LogP contribution in [-0.2, 0) is 13.6 Å². The number of nitrogens with zero attached hydrogens (tertiary/aromatic N) is 1. The van der Waals surface area contributed by atoms with Crippen molar-refractivity contribution in [1.82, 2.24) is 0 Å². The Hall–Kier alpha value is -1.13. The standard InChI is InChI=1S/C18H21BrNO3P/c1-3-22-24(21,23-4-2)18-17(14-8-6-5-7-9-14)20(18)16-12-10-15(19)11-13-16/h5-13,17-18H,3-4H2,1-2H3. The first kappa shape index (κ1) is 17.7. The summed E-state index contributed by atoms with van der Waals surface area (Å²) in [7, 11) is -3.22. The van der Waals surface area contributed by atoms with E-state index >= 15 is 0 Å². The highest BCUT2D eigenvalue weighted by molar-refractivity contribution is 9.10. The molecule has 0 N–H and O–H groups in total. The van der Waals surface area contributed by atoms with Crippen LogP contribution < -0.4 is 4.90 Å². The fourth-order valence-corrected chi connectivity index (χ4v) is 5.53. The Labute approximate surface area is 151 Å². The number of anilines is 1. The molecule has 1 heterocycles. The molecule has 0 aliphatic carbocycles. The summed E-state index contributed by atoms with van der Waals surface area (Å²) < 4.78 is 25.5. The third-order valence-electron chi connectivity index (χ3n) is 3.99. The molecule has 1 aliphatic heterocycles. The molecule has 1 fully saturated rings. The molecule has 0 saturated carbocycles. The summed E-state index contributed by atoms with van der Waals surface area (Å²) in [4.78, 5) is 2.12. The second-order valence-electron chi connectivity index (χ2n) is 5.53. The molecular weight excluding hydrogens is 389 g/mol. The number of rotatable bonds is 7. The predicted octanol–water partition coefficient (Wildman–Crippen LogP) is 5.60. The van der Waals surface area contributed by atoms with Crippen molar-refractivity contribution in [2.75, 3.05) is 18.1 Å². The molecule has 4 nitrogen and oxygen atoms in total. The van der Waals surface area contributed by atoms with Crippen molar-refractivity contribution < 1.29 is 13.6 Å². The quantitative estimate of drug-likeness (QED) is 0.440. The number of benzene rings is 2. The van der Waals surface area contributed by atoms with Crippen molar-refractivity contribution in [1.29, 1.82) is 0 Å². The molecule has 1 aliphatic rings. The van der Waals surface area contributed by atoms with Gasteiger partial charge in [-0.2, -0.15) is 0 Å². The Balaban J connectivity index is 1.98. The Morgan fingerprint density at radius 3 is 2.12 bits per heavy atom. The van der Waals surface area contributed by atoms with Gasteiger partial charge in [0.1, 0.15) is 0 Å². The van der Waals surface area contributed by atoms with E-state index in [4.69, 9.17) is 9.05 Å². The van der Waals surface area contributed by atoms with E-state index in [2.05, 4.69) is 33.0 Å². The lowest BCUT2D eigenvalue weighted by Gasteiger charge is -2.17. The largest absolute Gasteiger partial charge is 0.355 e. The summed E-state index contributed by atoms with van der Waals surface area (Å²) in [6, 6.07) is 18.1. The van der Waals surface area contributed by atoms with E-state index in [1.54, 1.807) is 0 Å². The van der Waals surface area contributed by atoms with E-state index < -0.39 is 7.60 Å². The molecular formula is C18H21BrNO3P. The van der Waals surface area contributed by atoms with Crippen molar-refractivity contribution in [2.24, 2.45) is 0 Å². The van der Waals surface area contributed by atoms with Crippen molar-refractivity contribution >= 4 is 29.2 Å². The molecule has 24 heavy (non-hydrogen) atoms. The number of halogens is 1. The van der Waals surface area contributed by atoms with Crippen molar-refractivity contribution in [3.63, 3.8) is 0 Å². The molecule has 0 amide bonds. The maximum atomic E-state index is 13.3. The zero-order valence-corrected chi connectivity index (χ0v) is 16.2. The second kappa shape index (κ2) is 7.40. The van der Waals surface area contributed by atoms with E-state index in [0.717, 1.165) is 15.7 Å². The molecule has 2 atom stereocenters. The Morgan fingerprint density at radius 2 is 1.58 bits per heavy atom. The van der Waals surface area contributed by atoms with Crippen LogP contribution in [0.5, 0.6) is 0 Å². The summed E-state index contributed by atoms with van der Waals surface area (Å²) in [5.41, 5.74) is 2.13. The third kappa shape index (κ3) is 3.45. The molecule has 0 radical (unpaired) electrons. The highest BCUT2D eigenvalue weighted by Crippen LogP contribution is 2.68. The minimum absolute atomic E-state index is 0.00342. The van der Waals surface area contributed by atoms with Crippen LogP contribution in [0.25, 0.3) is 0 Å². The molecule has 3 rings (SSSR count). The van der Waals surface area contributed by atoms with Crippen LogP contribution in [0, 0.1) is 0 Å². The van der Waals surface area contributed by atoms with Gasteiger partial charge in [0.25, 0.3) is 0 Å². The van der Waals surface area contributed by atoms with Gasteiger partial charge >= 0.3 is 7.60 Å². The van der Waals surface area contributed by atoms with Crippen LogP contribution >= 0.6 is 23.5 Å². The van der Waals surface area contributed by atoms with Crippen LogP contribution in [0.1, 0.15) is 25.5 Å². The van der Waals surface area contributed by atoms with Crippen LogP contribution in [0.2, 0.25) is 0 Å². The first-order chi connectivity index (χ1) is 11.6. The van der Waals surface area contributed by atoms with Gasteiger partial charge in [0.2, 0.25) is 0 Å². The second-order valence-corrected chi connectivity index (χ2v) is 8.57. The minimum atomic E-state index is -3.22. The van der Waals surface area contributed by atoms with E-state index in [1.807, 2.05) is 56.3 Å². The highest BCUT2D eigenvalue weighted by Gasteiger charge is 2.61. The fourth-order valence-electron chi connectivity index (χ4n) is 3.00. The first-order valence-corrected chi connectivity index (χ1v) is 10.5. The molecule has 1 saturated heterocycles. The molecule has 0 spiro atoms. The molecule has 6 heteroatoms. The fraction of sp³-hybridized carbons (Fsp3) is 0.333. The summed E-state index contributed by atoms with van der Waals surface area (Å²) in [6.45, 7) is 4.41. The van der Waals surface area contributed by atoms with Crippen molar-refractivity contribution in [3.8, 4) is 0 Å². The SMILES string of the molecule is CCOP(=O)(OCC)C1C(c2ccccc2)N1c1ccc(Br)cc1. The lowest BCUT2D eigenvalue weighted by atomic mass is 10.1. The van der Waals surface area contributed by atoms with Gasteiger partial charge in [-0.25, -0.2) is 0 Å². The topological polar surface area (TPSA) is 38.5 Å². The Kier molecular flexibility index (Phi) is 5.46. The van der Waals surface area contributed by atoms with E-state index in [-0.39, 0.29) is 11.8 Å². The summed E-state index contributed by atoms with van der Waals surface area (Å²) in [5.74, 6) is -0.291. The molecule has 0 bridgehead atoms. The van der Waals surface area contributed by atoms with Gasteiger partial charge in [0.15, 0.2) is 5.78 Å². The number of hydrogen-bond donors (Lipinski definition) is 0. The molecule has 0 aromatic heterocycles. The average molecular weight is 410 g/mol. The summed E-state index contributed by atoms with van der Waals surface area (Å²) in [5, 5.41) is 0. The summed E-state index contributed by atoms with van der Waals surface area (Å²) >= 11 is 3.46. The van der Waals surface area contributed by atoms with Gasteiger partial charge in [-0.05, 0) is 43.7 Å². The first-order valence-electron chi connectivity index (χ1n) is 8.08. The normalized spacial score (nSPS) is 20.2. The van der Waals surface area contributed by atoms with Gasteiger partial charge in [-0.3, -0.25) is 4.57 Å². The zero-order valence-electron chi connectivity index (χ0n) is 13.8. The molecule has 2 aromatic rings. The monoisotopic (exact) mass is 409 g/mol. The smallest absolute Gasteiger partial charge is 0.345 e. The maximum absolute atomic E-state index is 13.3. The van der Waals surface area contributed by atoms with Gasteiger partial charge < -0.3 is 13.9 Å². The summed E-state index contributed by atoms with van der Waals surface area (Å²) in [6.07, 6.45) is 0. The predicted molar refractivity (Wildman–Crippen MR) is 100 cm³/mol. The molecule has 2 unspecified atom stereocenters. The van der Waals surface area contributed by atoms with Crippen LogP contribution in [0.4, 0.5) is 5.69 Å². The van der Waals surface area contributed by atoms with Gasteiger partial charge in [-0.15, -0.1) is 0 Å². The maximum Gasteiger partial charge on any atom is 0.355 e. The third-order valence-corrected chi connectivity index (χ3v) is 6.93. The van der Waals surface area contributed by atoms with E-state index in [1.165, 1.54) is 0 Å². The lowest BCUT2D eigenvalue weighted by Crippen LogP contribution is -2.06. The minimum Gasteiger partial charge on any atom is -0.345 e. The van der Waals surface area contributed by atoms with Crippen LogP contribution in [0.15, 0.2) is 59.1 Å². The van der Waals surface area contributed by atoms with E-state index in [0.29, 0.717) is 13.2 Å². The highest BCUT2D eigenvalue weighted by atomic mass is 79.9. The van der Waals surface area contributed by atoms with Crippen LogP contribution in [0.3, 0.4) is 0 Å².